The fourth-order valence-electron chi connectivity index (χ4n) is 1.64. The summed E-state index contributed by atoms with van der Waals surface area (Å²) in [6, 6.07) is 8.46. The number of carbonyl (C=O) groups excluding carboxylic acids is 2. The highest BCUT2D eigenvalue weighted by Gasteiger charge is 2.17. The van der Waals surface area contributed by atoms with Crippen LogP contribution < -0.4 is 4.74 Å². The molecule has 6 nitrogen and oxygen atoms in total. The Labute approximate surface area is 123 Å². The molecule has 0 aliphatic carbocycles. The molecule has 0 atom stereocenters. The monoisotopic (exact) mass is 290 g/mol. The normalized spacial score (nSPS) is 9.57. The van der Waals surface area contributed by atoms with Gasteiger partial charge in [0.05, 0.1) is 18.7 Å². The number of ether oxygens (including phenoxy) is 2. The van der Waals surface area contributed by atoms with E-state index >= 15 is 0 Å². The van der Waals surface area contributed by atoms with Crippen LogP contribution in [0.5, 0.6) is 5.75 Å². The van der Waals surface area contributed by atoms with Gasteiger partial charge in [0.25, 0.3) is 5.91 Å². The van der Waals surface area contributed by atoms with E-state index in [1.54, 1.807) is 24.3 Å². The van der Waals surface area contributed by atoms with Crippen LogP contribution in [0.25, 0.3) is 0 Å². The Morgan fingerprint density at radius 1 is 1.29 bits per heavy atom. The van der Waals surface area contributed by atoms with Crippen molar-refractivity contribution in [1.29, 1.82) is 5.26 Å². The Morgan fingerprint density at radius 2 is 1.95 bits per heavy atom. The number of rotatable bonds is 7. The van der Waals surface area contributed by atoms with Gasteiger partial charge in [-0.3, -0.25) is 9.59 Å². The smallest absolute Gasteiger partial charge is 0.325 e. The lowest BCUT2D eigenvalue weighted by atomic mass is 10.2. The second kappa shape index (κ2) is 8.59. The summed E-state index contributed by atoms with van der Waals surface area (Å²) in [4.78, 5) is 24.7. The predicted molar refractivity (Wildman–Crippen MR) is 75.5 cm³/mol. The zero-order valence-electron chi connectivity index (χ0n) is 12.2. The van der Waals surface area contributed by atoms with Gasteiger partial charge in [0.15, 0.2) is 6.61 Å². The van der Waals surface area contributed by atoms with E-state index < -0.39 is 5.97 Å². The minimum atomic E-state index is -0.463. The van der Waals surface area contributed by atoms with Gasteiger partial charge < -0.3 is 14.4 Å². The Hall–Kier alpha value is -2.55. The van der Waals surface area contributed by atoms with Gasteiger partial charge in [0, 0.05) is 6.54 Å². The van der Waals surface area contributed by atoms with Gasteiger partial charge in [-0.2, -0.15) is 5.26 Å². The van der Waals surface area contributed by atoms with E-state index in [4.69, 9.17) is 10.00 Å². The van der Waals surface area contributed by atoms with E-state index in [1.165, 1.54) is 12.0 Å². The number of amides is 1. The van der Waals surface area contributed by atoms with Crippen molar-refractivity contribution >= 4 is 11.9 Å². The molecule has 0 saturated carbocycles. The standard InChI is InChI=1S/C15H18N2O4/c1-3-8-17(10-15(19)20-2)14(18)11-21-13-6-4-12(9-16)5-7-13/h4-7H,3,8,10-11H2,1-2H3. The maximum Gasteiger partial charge on any atom is 0.325 e. The zero-order valence-corrected chi connectivity index (χ0v) is 12.2. The molecule has 1 aromatic rings. The molecular formula is C15H18N2O4. The highest BCUT2D eigenvalue weighted by Crippen LogP contribution is 2.11. The van der Waals surface area contributed by atoms with E-state index in [9.17, 15) is 9.59 Å². The van der Waals surface area contributed by atoms with Crippen LogP contribution in [0.1, 0.15) is 18.9 Å². The first-order valence-electron chi connectivity index (χ1n) is 6.58. The molecule has 0 N–H and O–H groups in total. The molecule has 1 rings (SSSR count). The van der Waals surface area contributed by atoms with E-state index in [0.717, 1.165) is 6.42 Å². The quantitative estimate of drug-likeness (QED) is 0.708. The molecule has 0 radical (unpaired) electrons. The third kappa shape index (κ3) is 5.53. The van der Waals surface area contributed by atoms with Crippen LogP contribution in [0, 0.1) is 11.3 Å². The zero-order chi connectivity index (χ0) is 15.7. The van der Waals surface area contributed by atoms with E-state index in [0.29, 0.717) is 17.9 Å². The van der Waals surface area contributed by atoms with E-state index in [1.807, 2.05) is 13.0 Å². The Bertz CT molecular complexity index is 519. The van der Waals surface area contributed by atoms with E-state index in [2.05, 4.69) is 4.74 Å². The van der Waals surface area contributed by atoms with Gasteiger partial charge in [-0.25, -0.2) is 0 Å². The van der Waals surface area contributed by atoms with Crippen molar-refractivity contribution in [3.8, 4) is 11.8 Å². The summed E-state index contributed by atoms with van der Waals surface area (Å²) in [7, 11) is 1.28. The molecular weight excluding hydrogens is 272 g/mol. The summed E-state index contributed by atoms with van der Waals surface area (Å²) < 4.78 is 9.92. The summed E-state index contributed by atoms with van der Waals surface area (Å²) >= 11 is 0. The van der Waals surface area contributed by atoms with Crippen LogP contribution in [0.2, 0.25) is 0 Å². The molecule has 0 heterocycles. The third-order valence-corrected chi connectivity index (χ3v) is 2.74. The summed E-state index contributed by atoms with van der Waals surface area (Å²) in [5.74, 6) is -0.251. The van der Waals surface area contributed by atoms with Crippen molar-refractivity contribution in [2.75, 3.05) is 26.8 Å². The highest BCUT2D eigenvalue weighted by atomic mass is 16.5. The van der Waals surface area contributed by atoms with Gasteiger partial charge in [-0.05, 0) is 30.7 Å². The number of nitriles is 1. The number of nitrogens with zero attached hydrogens (tertiary/aromatic N) is 2. The molecule has 0 aliphatic heterocycles. The number of esters is 1. The van der Waals surface area contributed by atoms with Crippen LogP contribution in [0.3, 0.4) is 0 Å². The summed E-state index contributed by atoms with van der Waals surface area (Å²) in [6.07, 6.45) is 0.736. The van der Waals surface area contributed by atoms with Crippen molar-refractivity contribution in [2.24, 2.45) is 0 Å². The Kier molecular flexibility index (Phi) is 6.75. The lowest BCUT2D eigenvalue weighted by Gasteiger charge is -2.20. The summed E-state index contributed by atoms with van der Waals surface area (Å²) in [6.45, 7) is 2.13. The molecule has 6 heteroatoms. The van der Waals surface area contributed by atoms with Crippen LogP contribution in [0.15, 0.2) is 24.3 Å². The van der Waals surface area contributed by atoms with Gasteiger partial charge >= 0.3 is 5.97 Å². The molecule has 0 spiro atoms. The fraction of sp³-hybridized carbons (Fsp3) is 0.400. The fourth-order valence-corrected chi connectivity index (χ4v) is 1.64. The molecule has 0 unspecified atom stereocenters. The molecule has 0 saturated heterocycles. The van der Waals surface area contributed by atoms with Crippen molar-refractivity contribution < 1.29 is 19.1 Å². The SMILES string of the molecule is CCCN(CC(=O)OC)C(=O)COc1ccc(C#N)cc1. The number of hydrogen-bond acceptors (Lipinski definition) is 5. The first-order valence-corrected chi connectivity index (χ1v) is 6.58. The largest absolute Gasteiger partial charge is 0.484 e. The maximum atomic E-state index is 12.0. The third-order valence-electron chi connectivity index (χ3n) is 2.74. The second-order valence-electron chi connectivity index (χ2n) is 4.32. The first-order chi connectivity index (χ1) is 10.1. The van der Waals surface area contributed by atoms with Crippen molar-refractivity contribution in [3.63, 3.8) is 0 Å². The molecule has 0 aliphatic rings. The van der Waals surface area contributed by atoms with E-state index in [-0.39, 0.29) is 19.1 Å². The van der Waals surface area contributed by atoms with Crippen molar-refractivity contribution in [2.45, 2.75) is 13.3 Å². The summed E-state index contributed by atoms with van der Waals surface area (Å²) in [5, 5.41) is 8.69. The Morgan fingerprint density at radius 3 is 2.48 bits per heavy atom. The lowest BCUT2D eigenvalue weighted by molar-refractivity contribution is -0.147. The molecule has 0 bridgehead atoms. The molecule has 1 aromatic carbocycles. The van der Waals surface area contributed by atoms with Crippen molar-refractivity contribution in [3.05, 3.63) is 29.8 Å². The van der Waals surface area contributed by atoms with Gasteiger partial charge in [-0.15, -0.1) is 0 Å². The topological polar surface area (TPSA) is 79.6 Å². The van der Waals surface area contributed by atoms with Crippen molar-refractivity contribution in [1.82, 2.24) is 4.90 Å². The van der Waals surface area contributed by atoms with Gasteiger partial charge in [0.2, 0.25) is 0 Å². The first kappa shape index (κ1) is 16.5. The number of hydrogen-bond donors (Lipinski definition) is 0. The van der Waals surface area contributed by atoms with Crippen LogP contribution in [0.4, 0.5) is 0 Å². The summed E-state index contributed by atoms with van der Waals surface area (Å²) in [5.41, 5.74) is 0.520. The molecule has 112 valence electrons. The van der Waals surface area contributed by atoms with Crippen LogP contribution in [-0.4, -0.2) is 43.6 Å². The molecule has 0 fully saturated rings. The molecule has 1 amide bonds. The lowest BCUT2D eigenvalue weighted by Crippen LogP contribution is -2.39. The maximum absolute atomic E-state index is 12.0. The average molecular weight is 290 g/mol. The van der Waals surface area contributed by atoms with Gasteiger partial charge in [0.1, 0.15) is 12.3 Å². The predicted octanol–water partition coefficient (Wildman–Crippen LogP) is 1.35. The molecule has 21 heavy (non-hydrogen) atoms. The number of benzene rings is 1. The number of methoxy groups -OCH3 is 1. The average Bonchev–Trinajstić information content (AvgIpc) is 2.52. The highest BCUT2D eigenvalue weighted by molar-refractivity contribution is 5.83. The van der Waals surface area contributed by atoms with Crippen LogP contribution >= 0.6 is 0 Å². The second-order valence-corrected chi connectivity index (χ2v) is 4.32. The van der Waals surface area contributed by atoms with Gasteiger partial charge in [-0.1, -0.05) is 6.92 Å². The Balaban J connectivity index is 2.56. The number of carbonyl (C=O) groups is 2. The van der Waals surface area contributed by atoms with Crippen LogP contribution in [-0.2, 0) is 14.3 Å². The minimum absolute atomic E-state index is 0.0834. The minimum Gasteiger partial charge on any atom is -0.484 e. The molecule has 0 aromatic heterocycles.